The van der Waals surface area contributed by atoms with Gasteiger partial charge in [0.25, 0.3) is 0 Å². The molecule has 0 amide bonds. The minimum Gasteiger partial charge on any atom is -0.326 e. The van der Waals surface area contributed by atoms with E-state index < -0.39 is 0 Å². The first-order valence-corrected chi connectivity index (χ1v) is 6.91. The maximum atomic E-state index is 4.45. The van der Waals surface area contributed by atoms with E-state index in [1.165, 1.54) is 30.3 Å². The van der Waals surface area contributed by atoms with Crippen molar-refractivity contribution in [2.45, 2.75) is 25.8 Å². The van der Waals surface area contributed by atoms with Crippen LogP contribution in [0.15, 0.2) is 48.8 Å². The Morgan fingerprint density at radius 3 is 2.89 bits per heavy atom. The molecule has 4 rings (SSSR count). The van der Waals surface area contributed by atoms with Gasteiger partial charge in [0.1, 0.15) is 0 Å². The lowest BCUT2D eigenvalue weighted by Crippen LogP contribution is -1.98. The Kier molecular flexibility index (Phi) is 2.41. The molecule has 1 heterocycles. The van der Waals surface area contributed by atoms with Gasteiger partial charge in [0.05, 0.1) is 17.4 Å². The SMILES string of the molecule is c1ccc2c(c1)ncn2Cc1ccc2c(c1)CCC2. The fourth-order valence-corrected chi connectivity index (χ4v) is 3.06. The van der Waals surface area contributed by atoms with Crippen molar-refractivity contribution >= 4 is 11.0 Å². The van der Waals surface area contributed by atoms with Gasteiger partial charge in [-0.2, -0.15) is 0 Å². The quantitative estimate of drug-likeness (QED) is 0.678. The minimum absolute atomic E-state index is 0.911. The molecule has 1 aromatic heterocycles. The lowest BCUT2D eigenvalue weighted by molar-refractivity contribution is 0.822. The molecule has 2 heteroatoms. The second-order valence-electron chi connectivity index (χ2n) is 5.32. The summed E-state index contributed by atoms with van der Waals surface area (Å²) in [6.07, 6.45) is 5.75. The fraction of sp³-hybridized carbons (Fsp3) is 0.235. The number of aryl methyl sites for hydroxylation is 2. The lowest BCUT2D eigenvalue weighted by Gasteiger charge is -2.07. The van der Waals surface area contributed by atoms with Crippen LogP contribution >= 0.6 is 0 Å². The van der Waals surface area contributed by atoms with Gasteiger partial charge < -0.3 is 4.57 Å². The third-order valence-corrected chi connectivity index (χ3v) is 4.04. The van der Waals surface area contributed by atoms with E-state index in [4.69, 9.17) is 0 Å². The van der Waals surface area contributed by atoms with Crippen LogP contribution in [-0.2, 0) is 19.4 Å². The molecule has 3 aromatic rings. The maximum absolute atomic E-state index is 4.45. The molecule has 0 N–H and O–H groups in total. The highest BCUT2D eigenvalue weighted by atomic mass is 15.0. The third kappa shape index (κ3) is 1.84. The first-order valence-electron chi connectivity index (χ1n) is 6.91. The number of para-hydroxylation sites is 2. The number of aromatic nitrogens is 2. The van der Waals surface area contributed by atoms with Crippen molar-refractivity contribution in [2.24, 2.45) is 0 Å². The molecule has 0 saturated heterocycles. The Labute approximate surface area is 112 Å². The van der Waals surface area contributed by atoms with Gasteiger partial charge in [0, 0.05) is 6.54 Å². The van der Waals surface area contributed by atoms with Crippen molar-refractivity contribution in [3.05, 3.63) is 65.5 Å². The second-order valence-corrected chi connectivity index (χ2v) is 5.32. The number of nitrogens with zero attached hydrogens (tertiary/aromatic N) is 2. The van der Waals surface area contributed by atoms with Gasteiger partial charge in [-0.05, 0) is 48.1 Å². The Morgan fingerprint density at radius 2 is 1.89 bits per heavy atom. The van der Waals surface area contributed by atoms with Crippen LogP contribution in [0.3, 0.4) is 0 Å². The molecule has 0 saturated carbocycles. The van der Waals surface area contributed by atoms with Gasteiger partial charge in [0.15, 0.2) is 0 Å². The average molecular weight is 248 g/mol. The Morgan fingerprint density at radius 1 is 1.00 bits per heavy atom. The van der Waals surface area contributed by atoms with E-state index in [9.17, 15) is 0 Å². The van der Waals surface area contributed by atoms with Crippen molar-refractivity contribution in [1.29, 1.82) is 0 Å². The molecule has 94 valence electrons. The zero-order valence-corrected chi connectivity index (χ0v) is 10.8. The molecule has 0 aliphatic heterocycles. The van der Waals surface area contributed by atoms with Crippen molar-refractivity contribution in [3.8, 4) is 0 Å². The van der Waals surface area contributed by atoms with Gasteiger partial charge in [-0.3, -0.25) is 0 Å². The molecule has 1 aliphatic rings. The summed E-state index contributed by atoms with van der Waals surface area (Å²) in [6, 6.07) is 15.2. The van der Waals surface area contributed by atoms with Crippen LogP contribution in [0.1, 0.15) is 23.1 Å². The predicted octanol–water partition coefficient (Wildman–Crippen LogP) is 3.57. The van der Waals surface area contributed by atoms with E-state index in [2.05, 4.69) is 45.9 Å². The molecular weight excluding hydrogens is 232 g/mol. The van der Waals surface area contributed by atoms with Crippen molar-refractivity contribution in [3.63, 3.8) is 0 Å². The standard InChI is InChI=1S/C17H16N2/c1-2-7-17-16(6-1)18-12-19(17)11-13-8-9-14-4-3-5-15(14)10-13/h1-2,6-10,12H,3-5,11H2. The highest BCUT2D eigenvalue weighted by Crippen LogP contribution is 2.23. The molecule has 0 atom stereocenters. The number of hydrogen-bond donors (Lipinski definition) is 0. The molecule has 2 aromatic carbocycles. The smallest absolute Gasteiger partial charge is 0.0961 e. The zero-order chi connectivity index (χ0) is 12.7. The summed E-state index contributed by atoms with van der Waals surface area (Å²) >= 11 is 0. The van der Waals surface area contributed by atoms with Crippen LogP contribution < -0.4 is 0 Å². The van der Waals surface area contributed by atoms with Crippen LogP contribution in [0.2, 0.25) is 0 Å². The van der Waals surface area contributed by atoms with Crippen molar-refractivity contribution in [1.82, 2.24) is 9.55 Å². The largest absolute Gasteiger partial charge is 0.326 e. The molecule has 19 heavy (non-hydrogen) atoms. The minimum atomic E-state index is 0.911. The van der Waals surface area contributed by atoms with E-state index >= 15 is 0 Å². The van der Waals surface area contributed by atoms with Gasteiger partial charge >= 0.3 is 0 Å². The molecular formula is C17H16N2. The van der Waals surface area contributed by atoms with Gasteiger partial charge in [-0.25, -0.2) is 4.98 Å². The normalized spacial score (nSPS) is 13.9. The van der Waals surface area contributed by atoms with Gasteiger partial charge in [-0.15, -0.1) is 0 Å². The molecule has 0 fully saturated rings. The summed E-state index contributed by atoms with van der Waals surface area (Å²) in [5.74, 6) is 0. The van der Waals surface area contributed by atoms with E-state index in [1.54, 1.807) is 11.1 Å². The van der Waals surface area contributed by atoms with Gasteiger partial charge in [0.2, 0.25) is 0 Å². The number of benzene rings is 2. The Bertz CT molecular complexity index is 740. The molecule has 2 nitrogen and oxygen atoms in total. The predicted molar refractivity (Wildman–Crippen MR) is 77.3 cm³/mol. The maximum Gasteiger partial charge on any atom is 0.0961 e. The number of fused-ring (bicyclic) bond motifs is 2. The number of rotatable bonds is 2. The summed E-state index contributed by atoms with van der Waals surface area (Å²) in [4.78, 5) is 4.45. The van der Waals surface area contributed by atoms with Crippen LogP contribution in [0.25, 0.3) is 11.0 Å². The molecule has 0 radical (unpaired) electrons. The third-order valence-electron chi connectivity index (χ3n) is 4.04. The van der Waals surface area contributed by atoms with Gasteiger partial charge in [-0.1, -0.05) is 30.3 Å². The zero-order valence-electron chi connectivity index (χ0n) is 10.8. The van der Waals surface area contributed by atoms with Crippen LogP contribution in [0, 0.1) is 0 Å². The van der Waals surface area contributed by atoms with Crippen LogP contribution in [0.5, 0.6) is 0 Å². The summed E-state index contributed by atoms with van der Waals surface area (Å²) in [7, 11) is 0. The number of hydrogen-bond acceptors (Lipinski definition) is 1. The summed E-state index contributed by atoms with van der Waals surface area (Å²) < 4.78 is 2.23. The molecule has 0 spiro atoms. The fourth-order valence-electron chi connectivity index (χ4n) is 3.06. The first-order chi connectivity index (χ1) is 9.40. The van der Waals surface area contributed by atoms with E-state index in [1.807, 2.05) is 12.4 Å². The van der Waals surface area contributed by atoms with Crippen molar-refractivity contribution < 1.29 is 0 Å². The van der Waals surface area contributed by atoms with E-state index in [-0.39, 0.29) is 0 Å². The molecule has 0 bridgehead atoms. The average Bonchev–Trinajstić information content (AvgIpc) is 3.06. The highest BCUT2D eigenvalue weighted by Gasteiger charge is 2.11. The van der Waals surface area contributed by atoms with Crippen LogP contribution in [0.4, 0.5) is 0 Å². The second kappa shape index (κ2) is 4.23. The van der Waals surface area contributed by atoms with E-state index in [0.29, 0.717) is 0 Å². The van der Waals surface area contributed by atoms with Crippen molar-refractivity contribution in [2.75, 3.05) is 0 Å². The monoisotopic (exact) mass is 248 g/mol. The highest BCUT2D eigenvalue weighted by molar-refractivity contribution is 5.75. The topological polar surface area (TPSA) is 17.8 Å². The lowest BCUT2D eigenvalue weighted by atomic mass is 10.1. The summed E-state index contributed by atoms with van der Waals surface area (Å²) in [5, 5.41) is 0. The first kappa shape index (κ1) is 10.8. The summed E-state index contributed by atoms with van der Waals surface area (Å²) in [6.45, 7) is 0.911. The molecule has 1 aliphatic carbocycles. The Balaban J connectivity index is 1.71. The number of imidazole rings is 1. The van der Waals surface area contributed by atoms with Crippen LogP contribution in [-0.4, -0.2) is 9.55 Å². The summed E-state index contributed by atoms with van der Waals surface area (Å²) in [5.41, 5.74) is 6.75. The molecule has 0 unspecified atom stereocenters. The van der Waals surface area contributed by atoms with E-state index in [0.717, 1.165) is 12.1 Å². The Hall–Kier alpha value is -2.09.